The molecule has 1 rings (SSSR count). The Morgan fingerprint density at radius 3 is 2.43 bits per heavy atom. The van der Waals surface area contributed by atoms with Crippen molar-refractivity contribution >= 4 is 11.9 Å². The lowest BCUT2D eigenvalue weighted by molar-refractivity contribution is -0.141. The Kier molecular flexibility index (Phi) is 2.71. The zero-order chi connectivity index (χ0) is 10.7. The van der Waals surface area contributed by atoms with Crippen molar-refractivity contribution in [2.24, 2.45) is 0 Å². The molecule has 1 aromatic heterocycles. The minimum absolute atomic E-state index is 0.0601. The molecule has 0 spiro atoms. The number of carboxylic acid groups (broad SMARTS) is 2. The fourth-order valence-electron chi connectivity index (χ4n) is 1.02. The van der Waals surface area contributed by atoms with Crippen molar-refractivity contribution in [3.8, 4) is 0 Å². The zero-order valence-corrected chi connectivity index (χ0v) is 7.14. The molecule has 0 saturated carbocycles. The smallest absolute Gasteiger partial charge is 0.332 e. The summed E-state index contributed by atoms with van der Waals surface area (Å²) in [6, 6.07) is 2.88. The van der Waals surface area contributed by atoms with Crippen LogP contribution < -0.4 is 0 Å². The Morgan fingerprint density at radius 2 is 2.07 bits per heavy atom. The molecule has 5 heteroatoms. The van der Waals surface area contributed by atoms with E-state index in [2.05, 4.69) is 6.58 Å². The van der Waals surface area contributed by atoms with Crippen molar-refractivity contribution in [1.82, 2.24) is 0 Å². The summed E-state index contributed by atoms with van der Waals surface area (Å²) in [7, 11) is 0. The third-order valence-corrected chi connectivity index (χ3v) is 1.70. The molecule has 0 amide bonds. The molecule has 1 atom stereocenters. The third kappa shape index (κ3) is 1.82. The molecule has 0 saturated heterocycles. The van der Waals surface area contributed by atoms with E-state index >= 15 is 0 Å². The minimum Gasteiger partial charge on any atom is -0.480 e. The van der Waals surface area contributed by atoms with Crippen LogP contribution >= 0.6 is 0 Å². The van der Waals surface area contributed by atoms with Crippen molar-refractivity contribution < 1.29 is 24.2 Å². The number of aliphatic carboxylic acids is 2. The summed E-state index contributed by atoms with van der Waals surface area (Å²) < 4.78 is 4.82. The predicted octanol–water partition coefficient (Wildman–Crippen LogP) is 1.09. The Hall–Kier alpha value is -2.04. The summed E-state index contributed by atoms with van der Waals surface area (Å²) in [5.41, 5.74) is -0.424. The van der Waals surface area contributed by atoms with Gasteiger partial charge in [0, 0.05) is 0 Å². The number of rotatable bonds is 4. The fraction of sp³-hybridized carbons (Fsp3) is 0.111. The Morgan fingerprint density at radius 1 is 1.43 bits per heavy atom. The van der Waals surface area contributed by atoms with Crippen LogP contribution in [0.25, 0.3) is 0 Å². The van der Waals surface area contributed by atoms with Gasteiger partial charge in [-0.15, -0.1) is 0 Å². The summed E-state index contributed by atoms with van der Waals surface area (Å²) in [6.07, 6.45) is 1.28. The van der Waals surface area contributed by atoms with Gasteiger partial charge < -0.3 is 14.6 Å². The molecule has 14 heavy (non-hydrogen) atoms. The first-order valence-electron chi connectivity index (χ1n) is 3.72. The molecule has 1 unspecified atom stereocenters. The molecule has 0 radical (unpaired) electrons. The largest absolute Gasteiger partial charge is 0.480 e. The molecule has 1 heterocycles. The van der Waals surface area contributed by atoms with Crippen LogP contribution in [-0.4, -0.2) is 22.2 Å². The normalized spacial score (nSPS) is 12.0. The van der Waals surface area contributed by atoms with Gasteiger partial charge in [-0.05, 0) is 12.1 Å². The van der Waals surface area contributed by atoms with Crippen LogP contribution in [0.4, 0.5) is 0 Å². The standard InChI is InChI=1S/C9H8O5/c1-5(8(10)11)7(9(12)13)6-3-2-4-14-6/h2-4,7H,1H2,(H,10,11)(H,12,13). The number of carboxylic acids is 2. The molecule has 0 aliphatic carbocycles. The molecule has 2 N–H and O–H groups in total. The van der Waals surface area contributed by atoms with Gasteiger partial charge in [0.25, 0.3) is 0 Å². The molecule has 0 fully saturated rings. The van der Waals surface area contributed by atoms with Crippen LogP contribution in [0, 0.1) is 0 Å². The summed E-state index contributed by atoms with van der Waals surface area (Å²) in [5.74, 6) is -3.92. The van der Waals surface area contributed by atoms with Gasteiger partial charge in [0.05, 0.1) is 11.8 Å². The predicted molar refractivity (Wildman–Crippen MR) is 45.9 cm³/mol. The van der Waals surface area contributed by atoms with Crippen LogP contribution in [0.2, 0.25) is 0 Å². The highest BCUT2D eigenvalue weighted by atomic mass is 16.4. The Labute approximate surface area is 79.3 Å². The molecule has 0 aliphatic rings. The lowest BCUT2D eigenvalue weighted by Crippen LogP contribution is -2.18. The Bertz CT molecular complexity index is 363. The third-order valence-electron chi connectivity index (χ3n) is 1.70. The fourth-order valence-corrected chi connectivity index (χ4v) is 1.02. The molecule has 0 aliphatic heterocycles. The summed E-state index contributed by atoms with van der Waals surface area (Å²) in [6.45, 7) is 3.19. The van der Waals surface area contributed by atoms with Crippen molar-refractivity contribution in [2.45, 2.75) is 5.92 Å². The lowest BCUT2D eigenvalue weighted by atomic mass is 9.98. The summed E-state index contributed by atoms with van der Waals surface area (Å²) >= 11 is 0. The van der Waals surface area contributed by atoms with Gasteiger partial charge >= 0.3 is 11.9 Å². The van der Waals surface area contributed by atoms with E-state index in [0.29, 0.717) is 0 Å². The van der Waals surface area contributed by atoms with E-state index in [0.717, 1.165) is 0 Å². The summed E-state index contributed by atoms with van der Waals surface area (Å²) in [5, 5.41) is 17.4. The number of hydrogen-bond donors (Lipinski definition) is 2. The van der Waals surface area contributed by atoms with Crippen molar-refractivity contribution in [3.05, 3.63) is 36.3 Å². The van der Waals surface area contributed by atoms with Gasteiger partial charge in [0.2, 0.25) is 0 Å². The highest BCUT2D eigenvalue weighted by Gasteiger charge is 2.29. The van der Waals surface area contributed by atoms with Crippen LogP contribution in [0.5, 0.6) is 0 Å². The van der Waals surface area contributed by atoms with E-state index in [4.69, 9.17) is 14.6 Å². The van der Waals surface area contributed by atoms with Gasteiger partial charge in [-0.1, -0.05) is 6.58 Å². The average molecular weight is 196 g/mol. The molecule has 0 aromatic carbocycles. The van der Waals surface area contributed by atoms with Crippen LogP contribution in [0.3, 0.4) is 0 Å². The molecular formula is C9H8O5. The highest BCUT2D eigenvalue weighted by molar-refractivity contribution is 5.96. The topological polar surface area (TPSA) is 87.7 Å². The molecule has 1 aromatic rings. The maximum absolute atomic E-state index is 10.8. The first kappa shape index (κ1) is 10.0. The Balaban J connectivity index is 3.03. The average Bonchev–Trinajstić information content (AvgIpc) is 2.56. The van der Waals surface area contributed by atoms with Gasteiger partial charge in [-0.2, -0.15) is 0 Å². The molecular weight excluding hydrogens is 188 g/mol. The van der Waals surface area contributed by atoms with E-state index in [-0.39, 0.29) is 5.76 Å². The van der Waals surface area contributed by atoms with Crippen molar-refractivity contribution in [3.63, 3.8) is 0 Å². The zero-order valence-electron chi connectivity index (χ0n) is 7.14. The highest BCUT2D eigenvalue weighted by Crippen LogP contribution is 2.23. The van der Waals surface area contributed by atoms with Gasteiger partial charge in [-0.25, -0.2) is 4.79 Å². The number of furan rings is 1. The number of hydrogen-bond acceptors (Lipinski definition) is 3. The van der Waals surface area contributed by atoms with Gasteiger partial charge in [0.15, 0.2) is 0 Å². The van der Waals surface area contributed by atoms with E-state index in [1.165, 1.54) is 18.4 Å². The molecule has 0 bridgehead atoms. The molecule has 5 nitrogen and oxygen atoms in total. The van der Waals surface area contributed by atoms with E-state index in [1.54, 1.807) is 0 Å². The first-order chi connectivity index (χ1) is 6.54. The van der Waals surface area contributed by atoms with E-state index in [1.807, 2.05) is 0 Å². The quantitative estimate of drug-likeness (QED) is 0.703. The minimum atomic E-state index is -1.35. The second-order valence-corrected chi connectivity index (χ2v) is 2.62. The van der Waals surface area contributed by atoms with Crippen LogP contribution in [0.1, 0.15) is 11.7 Å². The summed E-state index contributed by atoms with van der Waals surface area (Å²) in [4.78, 5) is 21.3. The van der Waals surface area contributed by atoms with E-state index in [9.17, 15) is 9.59 Å². The SMILES string of the molecule is C=C(C(=O)O)C(C(=O)O)c1ccco1. The molecule has 74 valence electrons. The maximum atomic E-state index is 10.8. The monoisotopic (exact) mass is 196 g/mol. The van der Waals surface area contributed by atoms with Crippen molar-refractivity contribution in [2.75, 3.05) is 0 Å². The second-order valence-electron chi connectivity index (χ2n) is 2.62. The lowest BCUT2D eigenvalue weighted by Gasteiger charge is -2.08. The van der Waals surface area contributed by atoms with Gasteiger partial charge in [0.1, 0.15) is 11.7 Å². The van der Waals surface area contributed by atoms with E-state index < -0.39 is 23.4 Å². The van der Waals surface area contributed by atoms with Crippen LogP contribution in [0.15, 0.2) is 35.0 Å². The van der Waals surface area contributed by atoms with Crippen molar-refractivity contribution in [1.29, 1.82) is 0 Å². The second kappa shape index (κ2) is 3.78. The van der Waals surface area contributed by atoms with Gasteiger partial charge in [-0.3, -0.25) is 4.79 Å². The number of carbonyl (C=O) groups is 2. The maximum Gasteiger partial charge on any atom is 0.332 e. The van der Waals surface area contributed by atoms with Crippen LogP contribution in [-0.2, 0) is 9.59 Å². The first-order valence-corrected chi connectivity index (χ1v) is 3.72.